The summed E-state index contributed by atoms with van der Waals surface area (Å²) in [7, 11) is 0. The van der Waals surface area contributed by atoms with Crippen LogP contribution in [0.3, 0.4) is 0 Å². The Bertz CT molecular complexity index is 1060. The van der Waals surface area contributed by atoms with Crippen LogP contribution in [0.1, 0.15) is 29.4 Å². The molecule has 0 aliphatic carbocycles. The number of phenols is 1. The maximum absolute atomic E-state index is 12.0. The molecule has 1 aromatic heterocycles. The topological polar surface area (TPSA) is 118 Å². The lowest BCUT2D eigenvalue weighted by Crippen LogP contribution is -2.06. The molecule has 0 bridgehead atoms. The number of nitrogens with zero attached hydrogens (tertiary/aromatic N) is 3. The van der Waals surface area contributed by atoms with Crippen LogP contribution in [-0.4, -0.2) is 30.9 Å². The molecule has 8 nitrogen and oxygen atoms in total. The van der Waals surface area contributed by atoms with Gasteiger partial charge in [0.1, 0.15) is 11.3 Å². The SMILES string of the molecule is CCCc1c(C(=O)O)c(-c2ccc([N+](=O)[O-])c(O)c2)nn1-c1ccc(Br)cc1. The fourth-order valence-corrected chi connectivity index (χ4v) is 3.23. The molecule has 0 saturated carbocycles. The zero-order chi connectivity index (χ0) is 20.4. The highest BCUT2D eigenvalue weighted by molar-refractivity contribution is 9.10. The highest BCUT2D eigenvalue weighted by atomic mass is 79.9. The molecule has 9 heteroatoms. The van der Waals surface area contributed by atoms with E-state index < -0.39 is 22.3 Å². The van der Waals surface area contributed by atoms with E-state index in [4.69, 9.17) is 0 Å². The highest BCUT2D eigenvalue weighted by Crippen LogP contribution is 2.34. The quantitative estimate of drug-likeness (QED) is 0.423. The van der Waals surface area contributed by atoms with E-state index in [0.29, 0.717) is 24.2 Å². The molecule has 1 heterocycles. The number of phenolic OH excluding ortho intramolecular Hbond substituents is 1. The number of aromatic hydroxyl groups is 1. The summed E-state index contributed by atoms with van der Waals surface area (Å²) in [6.45, 7) is 1.93. The number of aromatic nitrogens is 2. The van der Waals surface area contributed by atoms with E-state index in [1.807, 2.05) is 19.1 Å². The molecule has 0 unspecified atom stereocenters. The lowest BCUT2D eigenvalue weighted by molar-refractivity contribution is -0.385. The van der Waals surface area contributed by atoms with Crippen molar-refractivity contribution in [2.75, 3.05) is 0 Å². The lowest BCUT2D eigenvalue weighted by atomic mass is 10.0. The van der Waals surface area contributed by atoms with Crippen molar-refractivity contribution in [1.29, 1.82) is 0 Å². The van der Waals surface area contributed by atoms with Crippen LogP contribution in [0, 0.1) is 10.1 Å². The molecule has 0 aliphatic heterocycles. The fourth-order valence-electron chi connectivity index (χ4n) is 2.97. The second-order valence-corrected chi connectivity index (χ2v) is 6.99. The van der Waals surface area contributed by atoms with E-state index in [9.17, 15) is 25.1 Å². The lowest BCUT2D eigenvalue weighted by Gasteiger charge is -2.07. The van der Waals surface area contributed by atoms with Crippen LogP contribution in [0.2, 0.25) is 0 Å². The van der Waals surface area contributed by atoms with Gasteiger partial charge in [0.2, 0.25) is 0 Å². The zero-order valence-corrected chi connectivity index (χ0v) is 16.4. The van der Waals surface area contributed by atoms with Crippen molar-refractivity contribution in [1.82, 2.24) is 9.78 Å². The summed E-state index contributed by atoms with van der Waals surface area (Å²) in [4.78, 5) is 22.2. The molecule has 28 heavy (non-hydrogen) atoms. The van der Waals surface area contributed by atoms with Crippen molar-refractivity contribution in [3.63, 3.8) is 0 Å². The van der Waals surface area contributed by atoms with Gasteiger partial charge in [0, 0.05) is 16.1 Å². The second-order valence-electron chi connectivity index (χ2n) is 6.07. The number of hydrogen-bond acceptors (Lipinski definition) is 5. The van der Waals surface area contributed by atoms with Crippen molar-refractivity contribution >= 4 is 27.6 Å². The Balaban J connectivity index is 2.25. The average molecular weight is 446 g/mol. The first-order valence-corrected chi connectivity index (χ1v) is 9.21. The van der Waals surface area contributed by atoms with Gasteiger partial charge < -0.3 is 10.2 Å². The van der Waals surface area contributed by atoms with Crippen molar-refractivity contribution in [2.45, 2.75) is 19.8 Å². The van der Waals surface area contributed by atoms with Crippen molar-refractivity contribution in [2.24, 2.45) is 0 Å². The molecule has 0 aliphatic rings. The molecule has 2 aromatic carbocycles. The third-order valence-corrected chi connectivity index (χ3v) is 4.73. The van der Waals surface area contributed by atoms with Gasteiger partial charge >= 0.3 is 11.7 Å². The first-order valence-electron chi connectivity index (χ1n) is 8.42. The number of carbonyl (C=O) groups is 1. The van der Waals surface area contributed by atoms with Crippen LogP contribution in [0.4, 0.5) is 5.69 Å². The smallest absolute Gasteiger partial charge is 0.339 e. The Hall–Kier alpha value is -3.20. The number of halogens is 1. The van der Waals surface area contributed by atoms with Crippen molar-refractivity contribution in [3.05, 3.63) is 68.3 Å². The number of carboxylic acid groups (broad SMARTS) is 1. The molecule has 0 saturated heterocycles. The van der Waals surface area contributed by atoms with Crippen LogP contribution in [0.5, 0.6) is 5.75 Å². The third kappa shape index (κ3) is 3.61. The molecule has 0 spiro atoms. The van der Waals surface area contributed by atoms with Gasteiger partial charge in [-0.15, -0.1) is 0 Å². The largest absolute Gasteiger partial charge is 0.502 e. The Morgan fingerprint density at radius 2 is 1.93 bits per heavy atom. The fraction of sp³-hybridized carbons (Fsp3) is 0.158. The Morgan fingerprint density at radius 1 is 1.25 bits per heavy atom. The predicted octanol–water partition coefficient (Wildman–Crippen LogP) is 4.57. The van der Waals surface area contributed by atoms with Gasteiger partial charge in [-0.05, 0) is 42.8 Å². The first kappa shape index (κ1) is 19.6. The van der Waals surface area contributed by atoms with Gasteiger partial charge in [0.05, 0.1) is 16.3 Å². The summed E-state index contributed by atoms with van der Waals surface area (Å²) < 4.78 is 2.44. The Kier molecular flexibility index (Phi) is 5.46. The van der Waals surface area contributed by atoms with Gasteiger partial charge in [-0.1, -0.05) is 29.3 Å². The molecule has 0 fully saturated rings. The van der Waals surface area contributed by atoms with Gasteiger partial charge in [-0.25, -0.2) is 9.48 Å². The number of hydrogen-bond donors (Lipinski definition) is 2. The van der Waals surface area contributed by atoms with E-state index in [1.165, 1.54) is 6.07 Å². The first-order chi connectivity index (χ1) is 13.3. The molecule has 2 N–H and O–H groups in total. The number of benzene rings is 2. The monoisotopic (exact) mass is 445 g/mol. The minimum absolute atomic E-state index is 0.0121. The minimum Gasteiger partial charge on any atom is -0.502 e. The van der Waals surface area contributed by atoms with Gasteiger partial charge in [0.25, 0.3) is 0 Å². The van der Waals surface area contributed by atoms with Gasteiger partial charge in [-0.2, -0.15) is 5.10 Å². The normalized spacial score (nSPS) is 10.8. The summed E-state index contributed by atoms with van der Waals surface area (Å²) in [6, 6.07) is 10.9. The van der Waals surface area contributed by atoms with E-state index in [-0.39, 0.29) is 16.8 Å². The van der Waals surface area contributed by atoms with Crippen LogP contribution in [-0.2, 0) is 6.42 Å². The molecule has 3 rings (SSSR count). The van der Waals surface area contributed by atoms with Crippen LogP contribution in [0.25, 0.3) is 16.9 Å². The summed E-state index contributed by atoms with van der Waals surface area (Å²) in [5.74, 6) is -1.70. The van der Waals surface area contributed by atoms with Gasteiger partial charge in [-0.3, -0.25) is 10.1 Å². The summed E-state index contributed by atoms with van der Waals surface area (Å²) >= 11 is 3.37. The molecule has 0 radical (unpaired) electrons. The van der Waals surface area contributed by atoms with Crippen LogP contribution >= 0.6 is 15.9 Å². The molecule has 0 atom stereocenters. The molecular weight excluding hydrogens is 430 g/mol. The maximum Gasteiger partial charge on any atom is 0.339 e. The van der Waals surface area contributed by atoms with Gasteiger partial charge in [0.15, 0.2) is 5.75 Å². The predicted molar refractivity (Wildman–Crippen MR) is 106 cm³/mol. The number of rotatable bonds is 6. The van der Waals surface area contributed by atoms with E-state index in [2.05, 4.69) is 21.0 Å². The average Bonchev–Trinajstić information content (AvgIpc) is 3.02. The van der Waals surface area contributed by atoms with E-state index >= 15 is 0 Å². The number of aromatic carboxylic acids is 1. The maximum atomic E-state index is 12.0. The summed E-state index contributed by atoms with van der Waals surface area (Å²) in [6.07, 6.45) is 1.18. The van der Waals surface area contributed by atoms with E-state index in [0.717, 1.165) is 16.6 Å². The van der Waals surface area contributed by atoms with E-state index in [1.54, 1.807) is 16.8 Å². The summed E-state index contributed by atoms with van der Waals surface area (Å²) in [5.41, 5.74) is 1.19. The van der Waals surface area contributed by atoms with Crippen LogP contribution in [0.15, 0.2) is 46.9 Å². The number of nitro benzene ring substituents is 1. The second kappa shape index (κ2) is 7.81. The minimum atomic E-state index is -1.15. The zero-order valence-electron chi connectivity index (χ0n) is 14.8. The van der Waals surface area contributed by atoms with Crippen molar-refractivity contribution < 1.29 is 19.9 Å². The van der Waals surface area contributed by atoms with Crippen LogP contribution < -0.4 is 0 Å². The number of nitro groups is 1. The molecule has 144 valence electrons. The molecule has 0 amide bonds. The summed E-state index contributed by atoms with van der Waals surface area (Å²) in [5, 5.41) is 35.2. The molecule has 3 aromatic rings. The number of carboxylic acids is 1. The third-order valence-electron chi connectivity index (χ3n) is 4.20. The molecular formula is C19H16BrN3O5. The van der Waals surface area contributed by atoms with Crippen molar-refractivity contribution in [3.8, 4) is 22.7 Å². The Labute approximate surface area is 168 Å². The Morgan fingerprint density at radius 3 is 2.46 bits per heavy atom. The standard InChI is InChI=1S/C19H16BrN3O5/c1-2-3-15-17(19(25)26)18(11-4-9-14(23(27)28)16(24)10-11)21-22(15)13-7-5-12(20)6-8-13/h4-10,24H,2-3H2,1H3,(H,25,26). The highest BCUT2D eigenvalue weighted by Gasteiger charge is 2.26.